The van der Waals surface area contributed by atoms with E-state index in [4.69, 9.17) is 0 Å². The summed E-state index contributed by atoms with van der Waals surface area (Å²) < 4.78 is 0. The molecule has 0 spiro atoms. The molecular formula is C45H42N2. The van der Waals surface area contributed by atoms with Crippen molar-refractivity contribution in [3.8, 4) is 0 Å². The third-order valence-electron chi connectivity index (χ3n) is 10.2. The van der Waals surface area contributed by atoms with E-state index in [1.165, 1.54) is 61.3 Å². The molecule has 4 aliphatic carbocycles. The maximum absolute atomic E-state index is 2.57. The van der Waals surface area contributed by atoms with E-state index in [1.807, 2.05) is 0 Å². The van der Waals surface area contributed by atoms with Crippen LogP contribution in [0, 0.1) is 0 Å². The average Bonchev–Trinajstić information content (AvgIpc) is 3.15. The van der Waals surface area contributed by atoms with Crippen molar-refractivity contribution in [3.63, 3.8) is 0 Å². The van der Waals surface area contributed by atoms with Gasteiger partial charge in [-0.3, -0.25) is 0 Å². The molecule has 0 heterocycles. The van der Waals surface area contributed by atoms with Gasteiger partial charge in [0.1, 0.15) is 0 Å². The fourth-order valence-corrected chi connectivity index (χ4v) is 7.86. The van der Waals surface area contributed by atoms with Gasteiger partial charge in [0.25, 0.3) is 0 Å². The van der Waals surface area contributed by atoms with Crippen molar-refractivity contribution in [3.05, 3.63) is 178 Å². The summed E-state index contributed by atoms with van der Waals surface area (Å²) in [5, 5.41) is 2.66. The fraction of sp³-hybridized carbons (Fsp3) is 0.200. The van der Waals surface area contributed by atoms with Gasteiger partial charge < -0.3 is 9.80 Å². The van der Waals surface area contributed by atoms with Crippen molar-refractivity contribution in [1.82, 2.24) is 0 Å². The number of hydrogen-bond donors (Lipinski definition) is 0. The Hall–Kier alpha value is -5.08. The Kier molecular flexibility index (Phi) is 8.09. The lowest BCUT2D eigenvalue weighted by Gasteiger charge is -2.37. The Balaban J connectivity index is 1.14. The lowest BCUT2D eigenvalue weighted by atomic mass is 9.82. The highest BCUT2D eigenvalue weighted by atomic mass is 15.2. The highest BCUT2D eigenvalue weighted by molar-refractivity contribution is 5.82. The van der Waals surface area contributed by atoms with E-state index in [-0.39, 0.29) is 0 Å². The number of benzene rings is 4. The van der Waals surface area contributed by atoms with Crippen LogP contribution in [0.5, 0.6) is 0 Å². The molecule has 4 aliphatic rings. The summed E-state index contributed by atoms with van der Waals surface area (Å²) in [5.74, 6) is 0. The molecule has 2 nitrogen and oxygen atoms in total. The quantitative estimate of drug-likeness (QED) is 0.205. The largest absolute Gasteiger partial charge is 0.317 e. The molecule has 0 radical (unpaired) electrons. The van der Waals surface area contributed by atoms with Crippen LogP contribution >= 0.6 is 0 Å². The number of fused-ring (bicyclic) bond motifs is 2. The second kappa shape index (κ2) is 13.0. The number of allylic oxidation sites excluding steroid dienone is 10. The SMILES string of the molecule is CC1=C2CCC=CC2=C(N(C2=CC=C(c3ccc(N(C4=c5ccccc5=CCC4)c4ccccc4)cc3)CC2)c2ccccc2)CC1. The summed E-state index contributed by atoms with van der Waals surface area (Å²) >= 11 is 0. The molecule has 0 fully saturated rings. The van der Waals surface area contributed by atoms with Crippen LogP contribution in [0.3, 0.4) is 0 Å². The summed E-state index contributed by atoms with van der Waals surface area (Å²) in [5.41, 5.74) is 15.2. The first-order valence-corrected chi connectivity index (χ1v) is 17.3. The number of nitrogens with zero attached hydrogens (tertiary/aromatic N) is 2. The van der Waals surface area contributed by atoms with Crippen molar-refractivity contribution in [2.24, 2.45) is 0 Å². The number of anilines is 3. The van der Waals surface area contributed by atoms with Crippen LogP contribution in [0.2, 0.25) is 0 Å². The number of hydrogen-bond acceptors (Lipinski definition) is 2. The van der Waals surface area contributed by atoms with Crippen LogP contribution in [-0.4, -0.2) is 0 Å². The minimum Gasteiger partial charge on any atom is -0.317 e. The molecule has 47 heavy (non-hydrogen) atoms. The predicted molar refractivity (Wildman–Crippen MR) is 199 cm³/mol. The Morgan fingerprint density at radius 1 is 0.532 bits per heavy atom. The topological polar surface area (TPSA) is 6.48 Å². The minimum absolute atomic E-state index is 1.02. The van der Waals surface area contributed by atoms with Crippen LogP contribution in [0.25, 0.3) is 17.3 Å². The van der Waals surface area contributed by atoms with Crippen molar-refractivity contribution in [2.75, 3.05) is 9.80 Å². The fourth-order valence-electron chi connectivity index (χ4n) is 7.86. The number of para-hydroxylation sites is 2. The third kappa shape index (κ3) is 5.74. The zero-order chi connectivity index (χ0) is 31.6. The van der Waals surface area contributed by atoms with Crippen molar-refractivity contribution < 1.29 is 0 Å². The molecule has 0 N–H and O–H groups in total. The first-order valence-electron chi connectivity index (χ1n) is 17.3. The Morgan fingerprint density at radius 2 is 1.23 bits per heavy atom. The molecule has 0 aromatic heterocycles. The number of rotatable bonds is 7. The predicted octanol–water partition coefficient (Wildman–Crippen LogP) is 10.5. The van der Waals surface area contributed by atoms with Gasteiger partial charge in [-0.05, 0) is 128 Å². The Labute approximate surface area is 279 Å². The summed E-state index contributed by atoms with van der Waals surface area (Å²) in [4.78, 5) is 5.03. The molecule has 0 amide bonds. The van der Waals surface area contributed by atoms with Crippen molar-refractivity contribution >= 4 is 34.4 Å². The van der Waals surface area contributed by atoms with Gasteiger partial charge >= 0.3 is 0 Å². The second-order valence-corrected chi connectivity index (χ2v) is 13.1. The normalized spacial score (nSPS) is 17.3. The molecule has 2 heteroatoms. The molecule has 0 saturated carbocycles. The van der Waals surface area contributed by atoms with Crippen molar-refractivity contribution in [2.45, 2.75) is 58.3 Å². The first-order chi connectivity index (χ1) is 23.2. The maximum atomic E-state index is 2.57. The van der Waals surface area contributed by atoms with Crippen LogP contribution < -0.4 is 20.2 Å². The van der Waals surface area contributed by atoms with E-state index >= 15 is 0 Å². The van der Waals surface area contributed by atoms with Gasteiger partial charge in [0.15, 0.2) is 0 Å². The van der Waals surface area contributed by atoms with Crippen LogP contribution in [-0.2, 0) is 0 Å². The van der Waals surface area contributed by atoms with E-state index in [1.54, 1.807) is 11.1 Å². The van der Waals surface area contributed by atoms with E-state index in [9.17, 15) is 0 Å². The second-order valence-electron chi connectivity index (χ2n) is 13.1. The van der Waals surface area contributed by atoms with Crippen LogP contribution in [0.1, 0.15) is 63.9 Å². The lowest BCUT2D eigenvalue weighted by molar-refractivity contribution is 0.779. The Morgan fingerprint density at radius 3 is 1.98 bits per heavy atom. The minimum atomic E-state index is 1.02. The van der Waals surface area contributed by atoms with Gasteiger partial charge in [0.2, 0.25) is 0 Å². The van der Waals surface area contributed by atoms with Gasteiger partial charge in [-0.25, -0.2) is 0 Å². The van der Waals surface area contributed by atoms with Crippen molar-refractivity contribution in [1.29, 1.82) is 0 Å². The zero-order valence-corrected chi connectivity index (χ0v) is 27.3. The zero-order valence-electron chi connectivity index (χ0n) is 27.3. The molecule has 4 aromatic rings. The molecule has 0 atom stereocenters. The average molecular weight is 611 g/mol. The standard InChI is InChI=1S/C45H42N2/c1-33-23-32-45(43-21-11-10-19-41(33)43)47(38-17-6-3-7-18-38)40-30-26-35(27-31-40)34-24-28-39(29-25-34)46(37-15-4-2-5-16-37)44-22-12-14-36-13-8-9-20-42(36)44/h2-9,11,13-18,20-21,24-26,28-30H,10,12,19,22-23,27,31-32H2,1H3. The van der Waals surface area contributed by atoms with E-state index in [0.29, 0.717) is 0 Å². The summed E-state index contributed by atoms with van der Waals surface area (Å²) in [6.07, 6.45) is 20.5. The summed E-state index contributed by atoms with van der Waals surface area (Å²) in [6, 6.07) is 39.9. The van der Waals surface area contributed by atoms with Crippen LogP contribution in [0.4, 0.5) is 17.1 Å². The molecule has 0 bridgehead atoms. The maximum Gasteiger partial charge on any atom is 0.0459 e. The molecule has 0 unspecified atom stereocenters. The summed E-state index contributed by atoms with van der Waals surface area (Å²) in [7, 11) is 0. The molecule has 0 aliphatic heterocycles. The molecule has 4 aromatic carbocycles. The van der Waals surface area contributed by atoms with Crippen LogP contribution in [0.15, 0.2) is 162 Å². The van der Waals surface area contributed by atoms with Gasteiger partial charge in [0, 0.05) is 39.4 Å². The van der Waals surface area contributed by atoms with Gasteiger partial charge in [-0.15, -0.1) is 0 Å². The Bertz CT molecular complexity index is 2070. The molecular weight excluding hydrogens is 569 g/mol. The third-order valence-corrected chi connectivity index (χ3v) is 10.2. The smallest absolute Gasteiger partial charge is 0.0459 e. The van der Waals surface area contributed by atoms with Gasteiger partial charge in [0.05, 0.1) is 0 Å². The van der Waals surface area contributed by atoms with E-state index < -0.39 is 0 Å². The summed E-state index contributed by atoms with van der Waals surface area (Å²) in [6.45, 7) is 2.34. The highest BCUT2D eigenvalue weighted by Crippen LogP contribution is 2.43. The lowest BCUT2D eigenvalue weighted by Crippen LogP contribution is -2.34. The van der Waals surface area contributed by atoms with E-state index in [2.05, 4.69) is 156 Å². The highest BCUT2D eigenvalue weighted by Gasteiger charge is 2.27. The van der Waals surface area contributed by atoms with Gasteiger partial charge in [-0.1, -0.05) is 103 Å². The molecule has 0 saturated heterocycles. The molecule has 232 valence electrons. The van der Waals surface area contributed by atoms with Gasteiger partial charge in [-0.2, -0.15) is 0 Å². The first kappa shape index (κ1) is 29.3. The monoisotopic (exact) mass is 610 g/mol. The molecule has 8 rings (SSSR count). The van der Waals surface area contributed by atoms with E-state index in [0.717, 1.165) is 51.4 Å².